The van der Waals surface area contributed by atoms with Gasteiger partial charge in [0.05, 0.1) is 11.0 Å². The molecule has 98 valence electrons. The molecule has 0 spiro atoms. The number of benzene rings is 1. The molecule has 5 nitrogen and oxygen atoms in total. The number of anilines is 1. The first kappa shape index (κ1) is 14.5. The van der Waals surface area contributed by atoms with Crippen molar-refractivity contribution in [1.82, 2.24) is 4.31 Å². The van der Waals surface area contributed by atoms with Gasteiger partial charge in [-0.15, -0.1) is 0 Å². The number of nitriles is 1. The van der Waals surface area contributed by atoms with Gasteiger partial charge in [0, 0.05) is 25.2 Å². The molecule has 0 saturated heterocycles. The van der Waals surface area contributed by atoms with E-state index in [4.69, 9.17) is 11.0 Å². The van der Waals surface area contributed by atoms with Crippen LogP contribution in [0.15, 0.2) is 23.1 Å². The monoisotopic (exact) mass is 267 g/mol. The Morgan fingerprint density at radius 2 is 2.11 bits per heavy atom. The lowest BCUT2D eigenvalue weighted by Crippen LogP contribution is -2.32. The van der Waals surface area contributed by atoms with E-state index in [0.717, 1.165) is 0 Å². The van der Waals surface area contributed by atoms with Crippen molar-refractivity contribution < 1.29 is 8.42 Å². The molecule has 0 aliphatic carbocycles. The summed E-state index contributed by atoms with van der Waals surface area (Å²) in [5.74, 6) is 0. The fourth-order valence-corrected chi connectivity index (χ4v) is 3.38. The lowest BCUT2D eigenvalue weighted by atomic mass is 10.2. The van der Waals surface area contributed by atoms with Gasteiger partial charge in [0.25, 0.3) is 0 Å². The number of aryl methyl sites for hydroxylation is 1. The highest BCUT2D eigenvalue weighted by Gasteiger charge is 2.24. The predicted molar refractivity (Wildman–Crippen MR) is 70.3 cm³/mol. The smallest absolute Gasteiger partial charge is 0.243 e. The van der Waals surface area contributed by atoms with Crippen LogP contribution in [-0.2, 0) is 10.0 Å². The molecule has 0 aliphatic heterocycles. The average molecular weight is 267 g/mol. The number of nitrogens with zero attached hydrogens (tertiary/aromatic N) is 2. The van der Waals surface area contributed by atoms with Crippen molar-refractivity contribution in [2.24, 2.45) is 0 Å². The Kier molecular flexibility index (Phi) is 4.70. The molecule has 0 aromatic heterocycles. The minimum absolute atomic E-state index is 0.182. The summed E-state index contributed by atoms with van der Waals surface area (Å²) in [6.45, 7) is 4.01. The van der Waals surface area contributed by atoms with Crippen LogP contribution in [-0.4, -0.2) is 25.8 Å². The standard InChI is InChI=1S/C12H17N3O2S/c1-3-15(8-4-7-13)18(16,17)12-6-5-11(14)9-10(12)2/h5-6,9H,3-4,8,14H2,1-2H3. The first-order valence-corrected chi connectivity index (χ1v) is 7.10. The van der Waals surface area contributed by atoms with Gasteiger partial charge in [0.15, 0.2) is 0 Å². The van der Waals surface area contributed by atoms with E-state index in [1.54, 1.807) is 26.0 Å². The highest BCUT2D eigenvalue weighted by molar-refractivity contribution is 7.89. The third-order valence-corrected chi connectivity index (χ3v) is 4.78. The number of nitrogen functional groups attached to an aromatic ring is 1. The van der Waals surface area contributed by atoms with E-state index in [2.05, 4.69) is 0 Å². The van der Waals surface area contributed by atoms with Crippen molar-refractivity contribution >= 4 is 15.7 Å². The van der Waals surface area contributed by atoms with Crippen LogP contribution in [0.5, 0.6) is 0 Å². The van der Waals surface area contributed by atoms with Gasteiger partial charge in [0.2, 0.25) is 10.0 Å². The molecule has 0 fully saturated rings. The van der Waals surface area contributed by atoms with E-state index in [1.165, 1.54) is 10.4 Å². The maximum Gasteiger partial charge on any atom is 0.243 e. The van der Waals surface area contributed by atoms with Gasteiger partial charge in [-0.3, -0.25) is 0 Å². The molecular weight excluding hydrogens is 250 g/mol. The van der Waals surface area contributed by atoms with Crippen molar-refractivity contribution in [2.75, 3.05) is 18.8 Å². The van der Waals surface area contributed by atoms with E-state index in [1.807, 2.05) is 6.07 Å². The van der Waals surface area contributed by atoms with Crippen molar-refractivity contribution in [3.63, 3.8) is 0 Å². The van der Waals surface area contributed by atoms with Crippen LogP contribution >= 0.6 is 0 Å². The summed E-state index contributed by atoms with van der Waals surface area (Å²) in [5.41, 5.74) is 6.76. The molecule has 0 amide bonds. The third kappa shape index (κ3) is 3.00. The summed E-state index contributed by atoms with van der Waals surface area (Å²) in [6, 6.07) is 6.66. The van der Waals surface area contributed by atoms with Gasteiger partial charge in [0.1, 0.15) is 0 Å². The van der Waals surface area contributed by atoms with Crippen LogP contribution in [0.3, 0.4) is 0 Å². The number of nitrogens with two attached hydrogens (primary N) is 1. The molecule has 0 aliphatic rings. The molecule has 0 saturated carbocycles. The molecule has 2 N–H and O–H groups in total. The zero-order valence-corrected chi connectivity index (χ0v) is 11.4. The zero-order valence-electron chi connectivity index (χ0n) is 10.5. The van der Waals surface area contributed by atoms with Crippen molar-refractivity contribution in [3.05, 3.63) is 23.8 Å². The Bertz CT molecular complexity index is 561. The van der Waals surface area contributed by atoms with Crippen molar-refractivity contribution in [3.8, 4) is 6.07 Å². The molecule has 0 unspecified atom stereocenters. The molecule has 0 radical (unpaired) electrons. The summed E-state index contributed by atoms with van der Waals surface area (Å²) in [5, 5.41) is 8.55. The van der Waals surface area contributed by atoms with Crippen LogP contribution in [0, 0.1) is 18.3 Å². The van der Waals surface area contributed by atoms with Gasteiger partial charge in [-0.1, -0.05) is 6.92 Å². The van der Waals surface area contributed by atoms with E-state index in [0.29, 0.717) is 17.8 Å². The normalized spacial score (nSPS) is 11.4. The quantitative estimate of drug-likeness (QED) is 0.819. The molecule has 0 heterocycles. The van der Waals surface area contributed by atoms with Gasteiger partial charge in [-0.25, -0.2) is 8.42 Å². The summed E-state index contributed by atoms with van der Waals surface area (Å²) in [6.07, 6.45) is 0.182. The minimum atomic E-state index is -3.54. The number of hydrogen-bond acceptors (Lipinski definition) is 4. The molecule has 1 aromatic rings. The minimum Gasteiger partial charge on any atom is -0.399 e. The molecule has 18 heavy (non-hydrogen) atoms. The second-order valence-electron chi connectivity index (χ2n) is 3.93. The fourth-order valence-electron chi connectivity index (χ4n) is 1.72. The molecule has 0 bridgehead atoms. The summed E-state index contributed by atoms with van der Waals surface area (Å²) >= 11 is 0. The van der Waals surface area contributed by atoms with Gasteiger partial charge in [-0.2, -0.15) is 9.57 Å². The van der Waals surface area contributed by atoms with Crippen LogP contribution in [0.2, 0.25) is 0 Å². The van der Waals surface area contributed by atoms with E-state index in [9.17, 15) is 8.42 Å². The highest BCUT2D eigenvalue weighted by atomic mass is 32.2. The fraction of sp³-hybridized carbons (Fsp3) is 0.417. The SMILES string of the molecule is CCN(CCC#N)S(=O)(=O)c1ccc(N)cc1C. The Morgan fingerprint density at radius 3 is 2.61 bits per heavy atom. The van der Waals surface area contributed by atoms with Gasteiger partial charge >= 0.3 is 0 Å². The third-order valence-electron chi connectivity index (χ3n) is 2.64. The predicted octanol–water partition coefficient (Wildman–Crippen LogP) is 1.50. The zero-order chi connectivity index (χ0) is 13.8. The lowest BCUT2D eigenvalue weighted by Gasteiger charge is -2.20. The maximum absolute atomic E-state index is 12.4. The van der Waals surface area contributed by atoms with Gasteiger partial charge in [-0.05, 0) is 30.7 Å². The second kappa shape index (κ2) is 5.85. The average Bonchev–Trinajstić information content (AvgIpc) is 2.29. The first-order valence-electron chi connectivity index (χ1n) is 5.66. The van der Waals surface area contributed by atoms with Crippen LogP contribution in [0.4, 0.5) is 5.69 Å². The molecule has 6 heteroatoms. The number of sulfonamides is 1. The van der Waals surface area contributed by atoms with E-state index >= 15 is 0 Å². The van der Waals surface area contributed by atoms with Crippen molar-refractivity contribution in [1.29, 1.82) is 5.26 Å². The summed E-state index contributed by atoms with van der Waals surface area (Å²) in [4.78, 5) is 0.247. The number of hydrogen-bond donors (Lipinski definition) is 1. The highest BCUT2D eigenvalue weighted by Crippen LogP contribution is 2.21. The summed E-state index contributed by atoms with van der Waals surface area (Å²) < 4.78 is 26.1. The molecule has 1 rings (SSSR count). The van der Waals surface area contributed by atoms with E-state index < -0.39 is 10.0 Å². The largest absolute Gasteiger partial charge is 0.399 e. The van der Waals surface area contributed by atoms with Crippen LogP contribution in [0.25, 0.3) is 0 Å². The van der Waals surface area contributed by atoms with Crippen LogP contribution in [0.1, 0.15) is 18.9 Å². The Hall–Kier alpha value is -1.58. The topological polar surface area (TPSA) is 87.2 Å². The Labute approximate surface area is 108 Å². The first-order chi connectivity index (χ1) is 8.43. The van der Waals surface area contributed by atoms with E-state index in [-0.39, 0.29) is 17.9 Å². The number of rotatable bonds is 5. The van der Waals surface area contributed by atoms with Crippen molar-refractivity contribution in [2.45, 2.75) is 25.2 Å². The maximum atomic E-state index is 12.4. The lowest BCUT2D eigenvalue weighted by molar-refractivity contribution is 0.434. The molecular formula is C12H17N3O2S. The van der Waals surface area contributed by atoms with Gasteiger partial charge < -0.3 is 5.73 Å². The Morgan fingerprint density at radius 1 is 1.44 bits per heavy atom. The summed E-state index contributed by atoms with van der Waals surface area (Å²) in [7, 11) is -3.54. The second-order valence-corrected chi connectivity index (χ2v) is 5.84. The molecule has 1 aromatic carbocycles. The molecule has 0 atom stereocenters. The Balaban J connectivity index is 3.15. The van der Waals surface area contributed by atoms with Crippen LogP contribution < -0.4 is 5.73 Å².